The van der Waals surface area contributed by atoms with E-state index in [2.05, 4.69) is 16.4 Å². The minimum absolute atomic E-state index is 0.558. The Kier molecular flexibility index (Phi) is 5.38. The minimum atomic E-state index is 0.558. The minimum Gasteiger partial charge on any atom is -0.489 e. The highest BCUT2D eigenvalue weighted by molar-refractivity contribution is 5.28. The van der Waals surface area contributed by atoms with E-state index in [4.69, 9.17) is 11.7 Å². The van der Waals surface area contributed by atoms with Gasteiger partial charge in [0, 0.05) is 18.9 Å². The van der Waals surface area contributed by atoms with Crippen molar-refractivity contribution in [2.24, 2.45) is 0 Å². The summed E-state index contributed by atoms with van der Waals surface area (Å²) in [5.41, 5.74) is 2.31. The van der Waals surface area contributed by atoms with Crippen LogP contribution in [-0.4, -0.2) is 11.5 Å². The van der Waals surface area contributed by atoms with Crippen LogP contribution in [-0.2, 0) is 13.2 Å². The van der Waals surface area contributed by atoms with Crippen molar-refractivity contribution in [3.05, 3.63) is 66.8 Å². The van der Waals surface area contributed by atoms with Gasteiger partial charge in [-0.3, -0.25) is 4.98 Å². The van der Waals surface area contributed by atoms with Crippen LogP contribution < -0.4 is 10.1 Å². The van der Waals surface area contributed by atoms with Gasteiger partial charge in [-0.05, 0) is 55.3 Å². The van der Waals surface area contributed by atoms with Crippen LogP contribution >= 0.6 is 0 Å². The van der Waals surface area contributed by atoms with Crippen molar-refractivity contribution in [3.63, 3.8) is 0 Å². The first-order valence-corrected chi connectivity index (χ1v) is 6.40. The Bertz CT molecular complexity index is 485. The quantitative estimate of drug-likeness (QED) is 0.771. The molecule has 2 radical (unpaired) electrons. The van der Waals surface area contributed by atoms with Crippen molar-refractivity contribution in [2.45, 2.75) is 19.6 Å². The third-order valence-corrected chi connectivity index (χ3v) is 2.70. The molecule has 1 aromatic heterocycles. The maximum absolute atomic E-state index is 5.76. The normalized spacial score (nSPS) is 10.4. The maximum Gasteiger partial charge on any atom is 0.120 e. The summed E-state index contributed by atoms with van der Waals surface area (Å²) in [6, 6.07) is 12.0. The third kappa shape index (κ3) is 4.72. The molecule has 0 saturated carbocycles. The zero-order valence-corrected chi connectivity index (χ0v) is 10.9. The molecule has 2 aromatic rings. The lowest BCUT2D eigenvalue weighted by molar-refractivity contribution is 0.305. The van der Waals surface area contributed by atoms with E-state index < -0.39 is 0 Å². The van der Waals surface area contributed by atoms with Gasteiger partial charge in [0.15, 0.2) is 0 Å². The van der Waals surface area contributed by atoms with Crippen LogP contribution in [0, 0.1) is 6.92 Å². The molecule has 3 heteroatoms. The van der Waals surface area contributed by atoms with Crippen LogP contribution in [0.1, 0.15) is 17.5 Å². The number of hydrogen-bond donors (Lipinski definition) is 1. The number of ether oxygens (including phenoxy) is 1. The zero-order chi connectivity index (χ0) is 13.3. The lowest BCUT2D eigenvalue weighted by Crippen LogP contribution is -2.13. The number of hydrogen-bond acceptors (Lipinski definition) is 3. The van der Waals surface area contributed by atoms with Crippen molar-refractivity contribution in [1.82, 2.24) is 10.3 Å². The predicted molar refractivity (Wildman–Crippen MR) is 75.6 cm³/mol. The lowest BCUT2D eigenvalue weighted by Gasteiger charge is -2.08. The summed E-state index contributed by atoms with van der Waals surface area (Å²) in [5.74, 6) is 0.879. The molecule has 0 unspecified atom stereocenters. The standard InChI is InChI=1S/C16H18N2O/c1-2-8-18-12-15-4-3-5-16(11-15)19-13-14-6-9-17-10-7-14/h1,3-7,9-11,18H,2,8,12-13H2. The van der Waals surface area contributed by atoms with Crippen LogP contribution in [0.25, 0.3) is 0 Å². The smallest absolute Gasteiger partial charge is 0.120 e. The summed E-state index contributed by atoms with van der Waals surface area (Å²) in [5, 5.41) is 3.26. The average Bonchev–Trinajstić information content (AvgIpc) is 2.47. The number of aromatic nitrogens is 1. The first kappa shape index (κ1) is 13.6. The van der Waals surface area contributed by atoms with Crippen LogP contribution in [0.4, 0.5) is 0 Å². The Balaban J connectivity index is 1.88. The van der Waals surface area contributed by atoms with Gasteiger partial charge in [0.2, 0.25) is 0 Å². The Morgan fingerprint density at radius 2 is 1.95 bits per heavy atom. The Hall–Kier alpha value is -1.87. The molecule has 0 fully saturated rings. The fourth-order valence-electron chi connectivity index (χ4n) is 1.73. The molecule has 1 heterocycles. The first-order valence-electron chi connectivity index (χ1n) is 6.40. The summed E-state index contributed by atoms with van der Waals surface area (Å²) in [4.78, 5) is 3.98. The number of pyridine rings is 1. The lowest BCUT2D eigenvalue weighted by atomic mass is 10.2. The van der Waals surface area contributed by atoms with Gasteiger partial charge in [0.25, 0.3) is 0 Å². The summed E-state index contributed by atoms with van der Waals surface area (Å²) < 4.78 is 5.76. The molecule has 0 bridgehead atoms. The van der Waals surface area contributed by atoms with E-state index in [1.165, 1.54) is 5.56 Å². The fourth-order valence-corrected chi connectivity index (χ4v) is 1.73. The summed E-state index contributed by atoms with van der Waals surface area (Å²) in [6.45, 7) is 7.63. The van der Waals surface area contributed by atoms with Gasteiger partial charge in [-0.2, -0.15) is 0 Å². The number of benzene rings is 1. The highest BCUT2D eigenvalue weighted by Gasteiger charge is 1.98. The van der Waals surface area contributed by atoms with Crippen LogP contribution in [0.5, 0.6) is 5.75 Å². The Morgan fingerprint density at radius 1 is 1.11 bits per heavy atom. The molecule has 2 rings (SSSR count). The van der Waals surface area contributed by atoms with Crippen molar-refractivity contribution in [1.29, 1.82) is 0 Å². The highest BCUT2D eigenvalue weighted by Crippen LogP contribution is 2.15. The van der Waals surface area contributed by atoms with Gasteiger partial charge in [0.05, 0.1) is 0 Å². The van der Waals surface area contributed by atoms with Crippen molar-refractivity contribution in [2.75, 3.05) is 6.54 Å². The molecular weight excluding hydrogens is 236 g/mol. The van der Waals surface area contributed by atoms with Gasteiger partial charge in [-0.25, -0.2) is 0 Å². The number of nitrogens with zero attached hydrogens (tertiary/aromatic N) is 1. The number of rotatable bonds is 7. The molecule has 1 N–H and O–H groups in total. The molecule has 19 heavy (non-hydrogen) atoms. The second-order valence-corrected chi connectivity index (χ2v) is 4.26. The monoisotopic (exact) mass is 254 g/mol. The van der Waals surface area contributed by atoms with E-state index >= 15 is 0 Å². The van der Waals surface area contributed by atoms with Gasteiger partial charge < -0.3 is 10.1 Å². The van der Waals surface area contributed by atoms with E-state index in [-0.39, 0.29) is 0 Å². The van der Waals surface area contributed by atoms with Gasteiger partial charge in [0.1, 0.15) is 12.4 Å². The molecule has 98 valence electrons. The highest BCUT2D eigenvalue weighted by atomic mass is 16.5. The summed E-state index contributed by atoms with van der Waals surface area (Å²) >= 11 is 0. The third-order valence-electron chi connectivity index (χ3n) is 2.70. The molecule has 3 nitrogen and oxygen atoms in total. The summed E-state index contributed by atoms with van der Waals surface area (Å²) in [7, 11) is 0. The summed E-state index contributed by atoms with van der Waals surface area (Å²) in [6.07, 6.45) is 4.19. The largest absolute Gasteiger partial charge is 0.489 e. The second-order valence-electron chi connectivity index (χ2n) is 4.26. The SMILES string of the molecule is [CH]CCNCc1cccc(OCc2ccncc2)c1. The second kappa shape index (κ2) is 7.54. The zero-order valence-electron chi connectivity index (χ0n) is 10.9. The van der Waals surface area contributed by atoms with E-state index in [0.717, 1.165) is 24.4 Å². The van der Waals surface area contributed by atoms with Crippen LogP contribution in [0.15, 0.2) is 48.8 Å². The van der Waals surface area contributed by atoms with Crippen LogP contribution in [0.2, 0.25) is 0 Å². The van der Waals surface area contributed by atoms with E-state index in [9.17, 15) is 0 Å². The molecule has 1 aromatic carbocycles. The fraction of sp³-hybridized carbons (Fsp3) is 0.250. The van der Waals surface area contributed by atoms with Gasteiger partial charge in [-0.15, -0.1) is 0 Å². The molecular formula is C16H18N2O. The molecule has 0 spiro atoms. The van der Waals surface area contributed by atoms with Crippen LogP contribution in [0.3, 0.4) is 0 Å². The molecule has 0 aliphatic carbocycles. The Labute approximate surface area is 114 Å². The molecule has 0 atom stereocenters. The van der Waals surface area contributed by atoms with Crippen molar-refractivity contribution in [3.8, 4) is 5.75 Å². The topological polar surface area (TPSA) is 34.1 Å². The predicted octanol–water partition coefficient (Wildman–Crippen LogP) is 2.85. The number of nitrogens with one attached hydrogen (secondary N) is 1. The van der Waals surface area contributed by atoms with E-state index in [0.29, 0.717) is 13.0 Å². The van der Waals surface area contributed by atoms with E-state index in [1.54, 1.807) is 12.4 Å². The first-order chi connectivity index (χ1) is 9.38. The average molecular weight is 254 g/mol. The molecule has 0 aliphatic heterocycles. The van der Waals surface area contributed by atoms with Gasteiger partial charge in [-0.1, -0.05) is 12.1 Å². The van der Waals surface area contributed by atoms with E-state index in [1.807, 2.05) is 30.3 Å². The molecule has 0 aliphatic rings. The molecule has 0 amide bonds. The van der Waals surface area contributed by atoms with Crippen molar-refractivity contribution >= 4 is 0 Å². The molecule has 0 saturated heterocycles. The van der Waals surface area contributed by atoms with Gasteiger partial charge >= 0.3 is 0 Å². The maximum atomic E-state index is 5.76. The van der Waals surface area contributed by atoms with Crippen molar-refractivity contribution < 1.29 is 4.74 Å². The Morgan fingerprint density at radius 3 is 2.74 bits per heavy atom.